The Hall–Kier alpha value is -1.39. The van der Waals surface area contributed by atoms with Crippen molar-refractivity contribution in [1.82, 2.24) is 5.32 Å². The van der Waals surface area contributed by atoms with Gasteiger partial charge in [-0.15, -0.1) is 0 Å². The lowest BCUT2D eigenvalue weighted by Crippen LogP contribution is -2.21. The number of aliphatic hydroxyl groups is 1. The highest BCUT2D eigenvalue weighted by Crippen LogP contribution is 2.24. The molecule has 1 aromatic rings. The van der Waals surface area contributed by atoms with E-state index in [2.05, 4.69) is 37.5 Å². The lowest BCUT2D eigenvalue weighted by Gasteiger charge is -2.19. The van der Waals surface area contributed by atoms with Crippen molar-refractivity contribution in [2.24, 2.45) is 0 Å². The average Bonchev–Trinajstić information content (AvgIpc) is 2.38. The van der Waals surface area contributed by atoms with Gasteiger partial charge in [-0.25, -0.2) is 0 Å². The number of rotatable bonds is 7. The number of hydrogen-bond acceptors (Lipinski definition) is 3. The summed E-state index contributed by atoms with van der Waals surface area (Å²) in [6.07, 6.45) is 1.25. The minimum Gasteiger partial charge on any atom is -0.395 e. The van der Waals surface area contributed by atoms with Gasteiger partial charge in [0, 0.05) is 18.7 Å². The van der Waals surface area contributed by atoms with Gasteiger partial charge in [-0.05, 0) is 36.1 Å². The van der Waals surface area contributed by atoms with Crippen molar-refractivity contribution < 1.29 is 9.90 Å². The standard InChI is InChI=1S/C16H26N2O2/c1-16(2,3)13-6-4-7-14(12-13)18-15(20)8-5-9-17-10-11-19/h4,6-7,12,17,19H,5,8-11H2,1-3H3,(H,18,20). The number of anilines is 1. The highest BCUT2D eigenvalue weighted by Gasteiger charge is 2.14. The van der Waals surface area contributed by atoms with Crippen LogP contribution in [0.15, 0.2) is 24.3 Å². The van der Waals surface area contributed by atoms with Gasteiger partial charge in [-0.2, -0.15) is 0 Å². The van der Waals surface area contributed by atoms with E-state index in [0.29, 0.717) is 13.0 Å². The summed E-state index contributed by atoms with van der Waals surface area (Å²) in [5.41, 5.74) is 2.14. The van der Waals surface area contributed by atoms with Crippen molar-refractivity contribution in [1.29, 1.82) is 0 Å². The zero-order valence-corrected chi connectivity index (χ0v) is 12.7. The Kier molecular flexibility index (Phi) is 6.68. The Morgan fingerprint density at radius 3 is 2.65 bits per heavy atom. The normalized spacial score (nSPS) is 11.4. The second-order valence-corrected chi connectivity index (χ2v) is 5.96. The third-order valence-electron chi connectivity index (χ3n) is 3.06. The molecule has 0 saturated carbocycles. The van der Waals surface area contributed by atoms with Crippen molar-refractivity contribution in [3.8, 4) is 0 Å². The van der Waals surface area contributed by atoms with Crippen LogP contribution in [0.3, 0.4) is 0 Å². The van der Waals surface area contributed by atoms with Gasteiger partial charge >= 0.3 is 0 Å². The van der Waals surface area contributed by atoms with Crippen LogP contribution in [-0.4, -0.2) is 30.7 Å². The number of nitrogens with one attached hydrogen (secondary N) is 2. The van der Waals surface area contributed by atoms with Crippen LogP contribution in [0.2, 0.25) is 0 Å². The van der Waals surface area contributed by atoms with E-state index in [4.69, 9.17) is 5.11 Å². The molecule has 20 heavy (non-hydrogen) atoms. The van der Waals surface area contributed by atoms with E-state index in [1.165, 1.54) is 5.56 Å². The van der Waals surface area contributed by atoms with Gasteiger partial charge in [0.25, 0.3) is 0 Å². The summed E-state index contributed by atoms with van der Waals surface area (Å²) in [6, 6.07) is 7.99. The number of carbonyl (C=O) groups excluding carboxylic acids is 1. The molecule has 4 heteroatoms. The summed E-state index contributed by atoms with van der Waals surface area (Å²) in [5.74, 6) is 0.0295. The minimum absolute atomic E-state index is 0.0295. The molecular formula is C16H26N2O2. The summed E-state index contributed by atoms with van der Waals surface area (Å²) < 4.78 is 0. The van der Waals surface area contributed by atoms with Crippen LogP contribution in [0.4, 0.5) is 5.69 Å². The molecule has 1 amide bonds. The summed E-state index contributed by atoms with van der Waals surface area (Å²) >= 11 is 0. The monoisotopic (exact) mass is 278 g/mol. The SMILES string of the molecule is CC(C)(C)c1cccc(NC(=O)CCCNCCO)c1. The van der Waals surface area contributed by atoms with Crippen LogP contribution in [0.25, 0.3) is 0 Å². The number of carbonyl (C=O) groups is 1. The number of benzene rings is 1. The molecule has 0 aliphatic heterocycles. The predicted octanol–water partition coefficient (Wildman–Crippen LogP) is 2.28. The fraction of sp³-hybridized carbons (Fsp3) is 0.562. The van der Waals surface area contributed by atoms with Crippen LogP contribution in [0.5, 0.6) is 0 Å². The van der Waals surface area contributed by atoms with Crippen LogP contribution in [0.1, 0.15) is 39.2 Å². The molecule has 0 aliphatic rings. The maximum absolute atomic E-state index is 11.8. The Labute approximate surface area is 121 Å². The summed E-state index contributed by atoms with van der Waals surface area (Å²) in [6.45, 7) is 7.92. The summed E-state index contributed by atoms with van der Waals surface area (Å²) in [5, 5.41) is 14.6. The molecule has 0 saturated heterocycles. The molecule has 0 radical (unpaired) electrons. The highest BCUT2D eigenvalue weighted by molar-refractivity contribution is 5.90. The predicted molar refractivity (Wildman–Crippen MR) is 83.0 cm³/mol. The Morgan fingerprint density at radius 2 is 2.00 bits per heavy atom. The quantitative estimate of drug-likeness (QED) is 0.671. The van der Waals surface area contributed by atoms with Crippen LogP contribution >= 0.6 is 0 Å². The van der Waals surface area contributed by atoms with Crippen LogP contribution in [0, 0.1) is 0 Å². The first-order valence-corrected chi connectivity index (χ1v) is 7.15. The van der Waals surface area contributed by atoms with E-state index in [-0.39, 0.29) is 17.9 Å². The molecule has 112 valence electrons. The minimum atomic E-state index is 0.0295. The second kappa shape index (κ2) is 8.02. The molecule has 0 fully saturated rings. The third-order valence-corrected chi connectivity index (χ3v) is 3.06. The molecule has 0 aliphatic carbocycles. The van der Waals surface area contributed by atoms with E-state index in [0.717, 1.165) is 18.7 Å². The molecule has 0 aromatic heterocycles. The van der Waals surface area contributed by atoms with Crippen molar-refractivity contribution in [2.75, 3.05) is 25.0 Å². The average molecular weight is 278 g/mol. The zero-order chi connectivity index (χ0) is 15.0. The van der Waals surface area contributed by atoms with Gasteiger partial charge in [-0.3, -0.25) is 4.79 Å². The second-order valence-electron chi connectivity index (χ2n) is 5.96. The molecule has 0 atom stereocenters. The van der Waals surface area contributed by atoms with Gasteiger partial charge < -0.3 is 15.7 Å². The lowest BCUT2D eigenvalue weighted by molar-refractivity contribution is -0.116. The van der Waals surface area contributed by atoms with Gasteiger partial charge in [-0.1, -0.05) is 32.9 Å². The van der Waals surface area contributed by atoms with Crippen molar-refractivity contribution in [3.63, 3.8) is 0 Å². The van der Waals surface area contributed by atoms with Crippen LogP contribution < -0.4 is 10.6 Å². The molecule has 0 spiro atoms. The van der Waals surface area contributed by atoms with E-state index in [9.17, 15) is 4.79 Å². The molecule has 0 bridgehead atoms. The molecule has 1 rings (SSSR count). The number of aliphatic hydroxyl groups excluding tert-OH is 1. The Bertz CT molecular complexity index is 425. The third kappa shape index (κ3) is 6.17. The van der Waals surface area contributed by atoms with E-state index in [1.54, 1.807) is 0 Å². The maximum atomic E-state index is 11.8. The molecule has 0 unspecified atom stereocenters. The van der Waals surface area contributed by atoms with Gasteiger partial charge in [0.15, 0.2) is 0 Å². The van der Waals surface area contributed by atoms with Gasteiger partial charge in [0.05, 0.1) is 6.61 Å². The molecular weight excluding hydrogens is 252 g/mol. The Balaban J connectivity index is 2.42. The number of hydrogen-bond donors (Lipinski definition) is 3. The summed E-state index contributed by atoms with van der Waals surface area (Å²) in [7, 11) is 0. The first-order valence-electron chi connectivity index (χ1n) is 7.15. The van der Waals surface area contributed by atoms with Gasteiger partial charge in [0.2, 0.25) is 5.91 Å². The molecule has 1 aromatic carbocycles. The molecule has 0 heterocycles. The van der Waals surface area contributed by atoms with Crippen molar-refractivity contribution in [3.05, 3.63) is 29.8 Å². The van der Waals surface area contributed by atoms with E-state index >= 15 is 0 Å². The molecule has 4 nitrogen and oxygen atoms in total. The topological polar surface area (TPSA) is 61.4 Å². The number of amides is 1. The van der Waals surface area contributed by atoms with Crippen molar-refractivity contribution in [2.45, 2.75) is 39.0 Å². The zero-order valence-electron chi connectivity index (χ0n) is 12.7. The lowest BCUT2D eigenvalue weighted by atomic mass is 9.87. The smallest absolute Gasteiger partial charge is 0.224 e. The fourth-order valence-electron chi connectivity index (χ4n) is 1.86. The van der Waals surface area contributed by atoms with E-state index < -0.39 is 0 Å². The van der Waals surface area contributed by atoms with Gasteiger partial charge in [0.1, 0.15) is 0 Å². The van der Waals surface area contributed by atoms with Crippen molar-refractivity contribution >= 4 is 11.6 Å². The molecule has 3 N–H and O–H groups in total. The Morgan fingerprint density at radius 1 is 1.25 bits per heavy atom. The van der Waals surface area contributed by atoms with Crippen LogP contribution in [-0.2, 0) is 10.2 Å². The summed E-state index contributed by atoms with van der Waals surface area (Å²) in [4.78, 5) is 11.8. The highest BCUT2D eigenvalue weighted by atomic mass is 16.3. The maximum Gasteiger partial charge on any atom is 0.224 e. The first kappa shape index (κ1) is 16.7. The first-order chi connectivity index (χ1) is 9.43. The van der Waals surface area contributed by atoms with E-state index in [1.807, 2.05) is 18.2 Å². The fourth-order valence-corrected chi connectivity index (χ4v) is 1.86. The largest absolute Gasteiger partial charge is 0.395 e.